The number of nitrogens with one attached hydrogen (secondary N) is 2. The predicted molar refractivity (Wildman–Crippen MR) is 87.0 cm³/mol. The van der Waals surface area contributed by atoms with Crippen LogP contribution in [0.4, 0.5) is 4.39 Å². The summed E-state index contributed by atoms with van der Waals surface area (Å²) in [7, 11) is 0. The molecule has 0 atom stereocenters. The van der Waals surface area contributed by atoms with E-state index >= 15 is 0 Å². The maximum atomic E-state index is 13.4. The number of carbonyl (C=O) groups excluding carboxylic acids is 1. The predicted octanol–water partition coefficient (Wildman–Crippen LogP) is 1.61. The average molecular weight is 319 g/mol. The number of aromatic nitrogens is 1. The lowest BCUT2D eigenvalue weighted by atomic mass is 10.1. The van der Waals surface area contributed by atoms with Crippen LogP contribution >= 0.6 is 0 Å². The number of fused-ring (bicyclic) bond motifs is 1. The fourth-order valence-electron chi connectivity index (χ4n) is 2.98. The second-order valence-corrected chi connectivity index (χ2v) is 5.90. The normalized spacial score (nSPS) is 15.9. The number of aromatic amines is 1. The maximum absolute atomic E-state index is 13.4. The number of morpholine rings is 1. The number of hydrogen-bond acceptors (Lipinski definition) is 3. The van der Waals surface area contributed by atoms with E-state index in [-0.39, 0.29) is 18.1 Å². The molecular formula is C17H22FN3O2. The van der Waals surface area contributed by atoms with E-state index in [1.165, 1.54) is 12.1 Å². The highest BCUT2D eigenvalue weighted by molar-refractivity contribution is 5.90. The third-order valence-electron chi connectivity index (χ3n) is 4.27. The van der Waals surface area contributed by atoms with Gasteiger partial charge in [0.2, 0.25) is 5.91 Å². The maximum Gasteiger partial charge on any atom is 0.224 e. The minimum absolute atomic E-state index is 0.0356. The van der Waals surface area contributed by atoms with E-state index in [1.807, 2.05) is 6.92 Å². The Balaban J connectivity index is 1.57. The molecule has 6 heteroatoms. The standard InChI is InChI=1S/C17H22FN3O2/c1-12-14(15-10-13(18)2-3-16(15)20-12)11-17(22)19-4-5-21-6-8-23-9-7-21/h2-3,10,20H,4-9,11H2,1H3,(H,19,22). The smallest absolute Gasteiger partial charge is 0.224 e. The fraction of sp³-hybridized carbons (Fsp3) is 0.471. The van der Waals surface area contributed by atoms with Crippen LogP contribution in [0.1, 0.15) is 11.3 Å². The summed E-state index contributed by atoms with van der Waals surface area (Å²) >= 11 is 0. The molecule has 0 aliphatic carbocycles. The Morgan fingerprint density at radius 1 is 1.39 bits per heavy atom. The van der Waals surface area contributed by atoms with Crippen LogP contribution in [0.25, 0.3) is 10.9 Å². The van der Waals surface area contributed by atoms with Gasteiger partial charge in [-0.1, -0.05) is 0 Å². The Labute approximate surface area is 134 Å². The molecule has 1 amide bonds. The Kier molecular flexibility index (Phi) is 4.93. The molecule has 1 aromatic heterocycles. The molecule has 5 nitrogen and oxygen atoms in total. The summed E-state index contributed by atoms with van der Waals surface area (Å²) in [4.78, 5) is 17.6. The minimum Gasteiger partial charge on any atom is -0.379 e. The van der Waals surface area contributed by atoms with Crippen molar-refractivity contribution in [3.63, 3.8) is 0 Å². The van der Waals surface area contributed by atoms with Crippen LogP contribution in [0.3, 0.4) is 0 Å². The Hall–Kier alpha value is -1.92. The second kappa shape index (κ2) is 7.10. The molecule has 0 unspecified atom stereocenters. The molecule has 0 bridgehead atoms. The summed E-state index contributed by atoms with van der Waals surface area (Å²) in [6, 6.07) is 4.61. The second-order valence-electron chi connectivity index (χ2n) is 5.90. The highest BCUT2D eigenvalue weighted by Crippen LogP contribution is 2.23. The number of rotatable bonds is 5. The molecule has 1 aliphatic heterocycles. The van der Waals surface area contributed by atoms with Crippen molar-refractivity contribution in [1.29, 1.82) is 0 Å². The van der Waals surface area contributed by atoms with Crippen molar-refractivity contribution < 1.29 is 13.9 Å². The number of halogens is 1. The fourth-order valence-corrected chi connectivity index (χ4v) is 2.98. The Morgan fingerprint density at radius 2 is 2.17 bits per heavy atom. The van der Waals surface area contributed by atoms with Crippen LogP contribution in [0, 0.1) is 12.7 Å². The quantitative estimate of drug-likeness (QED) is 0.880. The number of benzene rings is 1. The van der Waals surface area contributed by atoms with E-state index in [0.29, 0.717) is 6.54 Å². The molecule has 0 saturated carbocycles. The highest BCUT2D eigenvalue weighted by atomic mass is 19.1. The molecule has 0 radical (unpaired) electrons. The zero-order valence-corrected chi connectivity index (χ0v) is 13.3. The molecule has 1 aromatic carbocycles. The van der Waals surface area contributed by atoms with E-state index in [0.717, 1.165) is 55.0 Å². The van der Waals surface area contributed by atoms with Crippen LogP contribution < -0.4 is 5.32 Å². The SMILES string of the molecule is Cc1[nH]c2ccc(F)cc2c1CC(=O)NCCN1CCOCC1. The molecule has 1 saturated heterocycles. The van der Waals surface area contributed by atoms with Gasteiger partial charge in [0.1, 0.15) is 5.82 Å². The van der Waals surface area contributed by atoms with Gasteiger partial charge in [-0.3, -0.25) is 9.69 Å². The molecule has 1 fully saturated rings. The van der Waals surface area contributed by atoms with E-state index in [9.17, 15) is 9.18 Å². The van der Waals surface area contributed by atoms with Gasteiger partial charge in [0.05, 0.1) is 19.6 Å². The molecule has 0 spiro atoms. The van der Waals surface area contributed by atoms with Crippen molar-refractivity contribution in [2.45, 2.75) is 13.3 Å². The van der Waals surface area contributed by atoms with Gasteiger partial charge >= 0.3 is 0 Å². The summed E-state index contributed by atoms with van der Waals surface area (Å²) < 4.78 is 18.7. The largest absolute Gasteiger partial charge is 0.379 e. The van der Waals surface area contributed by atoms with Crippen molar-refractivity contribution in [3.8, 4) is 0 Å². The Bertz CT molecular complexity index is 692. The minimum atomic E-state index is -0.287. The first-order valence-electron chi connectivity index (χ1n) is 7.97. The molecule has 2 N–H and O–H groups in total. The van der Waals surface area contributed by atoms with Crippen LogP contribution in [0.15, 0.2) is 18.2 Å². The Morgan fingerprint density at radius 3 is 2.96 bits per heavy atom. The van der Waals surface area contributed by atoms with E-state index < -0.39 is 0 Å². The molecule has 23 heavy (non-hydrogen) atoms. The van der Waals surface area contributed by atoms with Gasteiger partial charge in [0.15, 0.2) is 0 Å². The van der Waals surface area contributed by atoms with E-state index in [4.69, 9.17) is 4.74 Å². The van der Waals surface area contributed by atoms with Gasteiger partial charge in [-0.15, -0.1) is 0 Å². The van der Waals surface area contributed by atoms with Crippen molar-refractivity contribution in [3.05, 3.63) is 35.3 Å². The van der Waals surface area contributed by atoms with Crippen molar-refractivity contribution in [1.82, 2.24) is 15.2 Å². The first kappa shape index (κ1) is 16.0. The highest BCUT2D eigenvalue weighted by Gasteiger charge is 2.14. The molecular weight excluding hydrogens is 297 g/mol. The summed E-state index contributed by atoms with van der Waals surface area (Å²) in [5, 5.41) is 3.73. The average Bonchev–Trinajstić information content (AvgIpc) is 2.84. The van der Waals surface area contributed by atoms with Gasteiger partial charge in [-0.05, 0) is 30.7 Å². The van der Waals surface area contributed by atoms with Crippen LogP contribution in [0.5, 0.6) is 0 Å². The third-order valence-corrected chi connectivity index (χ3v) is 4.27. The molecule has 2 aromatic rings. The van der Waals surface area contributed by atoms with Gasteiger partial charge in [-0.2, -0.15) is 0 Å². The molecule has 3 rings (SSSR count). The lowest BCUT2D eigenvalue weighted by molar-refractivity contribution is -0.120. The number of H-pyrrole nitrogens is 1. The number of amides is 1. The number of hydrogen-bond donors (Lipinski definition) is 2. The summed E-state index contributed by atoms with van der Waals surface area (Å²) in [6.45, 7) is 6.70. The van der Waals surface area contributed by atoms with Crippen LogP contribution in [-0.4, -0.2) is 55.2 Å². The molecule has 1 aliphatic rings. The van der Waals surface area contributed by atoms with Crippen LogP contribution in [0.2, 0.25) is 0 Å². The van der Waals surface area contributed by atoms with Crippen molar-refractivity contribution >= 4 is 16.8 Å². The van der Waals surface area contributed by atoms with Crippen molar-refractivity contribution in [2.75, 3.05) is 39.4 Å². The summed E-state index contributed by atoms with van der Waals surface area (Å²) in [5.41, 5.74) is 2.64. The topological polar surface area (TPSA) is 57.4 Å². The first-order chi connectivity index (χ1) is 11.1. The zero-order chi connectivity index (χ0) is 16.2. The van der Waals surface area contributed by atoms with Crippen LogP contribution in [-0.2, 0) is 16.0 Å². The summed E-state index contributed by atoms with van der Waals surface area (Å²) in [6.07, 6.45) is 0.262. The number of aryl methyl sites for hydroxylation is 1. The first-order valence-corrected chi connectivity index (χ1v) is 7.97. The van der Waals surface area contributed by atoms with Gasteiger partial charge in [0.25, 0.3) is 0 Å². The number of carbonyl (C=O) groups is 1. The lowest BCUT2D eigenvalue weighted by Crippen LogP contribution is -2.41. The zero-order valence-electron chi connectivity index (χ0n) is 13.3. The number of ether oxygens (including phenoxy) is 1. The summed E-state index contributed by atoms with van der Waals surface area (Å²) in [5.74, 6) is -0.322. The number of nitrogens with zero attached hydrogens (tertiary/aromatic N) is 1. The molecule has 2 heterocycles. The van der Waals surface area contributed by atoms with E-state index in [1.54, 1.807) is 6.07 Å². The molecule has 124 valence electrons. The van der Waals surface area contributed by atoms with Gasteiger partial charge < -0.3 is 15.0 Å². The monoisotopic (exact) mass is 319 g/mol. The van der Waals surface area contributed by atoms with Gasteiger partial charge in [-0.25, -0.2) is 4.39 Å². The lowest BCUT2D eigenvalue weighted by Gasteiger charge is -2.26. The van der Waals surface area contributed by atoms with E-state index in [2.05, 4.69) is 15.2 Å². The van der Waals surface area contributed by atoms with Crippen molar-refractivity contribution in [2.24, 2.45) is 0 Å². The third kappa shape index (κ3) is 3.89. The van der Waals surface area contributed by atoms with Gasteiger partial charge in [0, 0.05) is 42.8 Å².